The average molecular weight is 256 g/mol. The minimum atomic E-state index is -4.59. The van der Waals surface area contributed by atoms with Crippen LogP contribution in [0.1, 0.15) is 5.56 Å². The van der Waals surface area contributed by atoms with E-state index in [0.29, 0.717) is 11.1 Å². The van der Waals surface area contributed by atoms with Crippen molar-refractivity contribution in [3.8, 4) is 16.9 Å². The van der Waals surface area contributed by atoms with Crippen molar-refractivity contribution in [3.63, 3.8) is 0 Å². The third kappa shape index (κ3) is 2.45. The molecule has 0 spiro atoms. The fraction of sp³-hybridized carbons (Fsp3) is 0.0769. The third-order valence-corrected chi connectivity index (χ3v) is 2.48. The van der Waals surface area contributed by atoms with Crippen LogP contribution in [0.3, 0.4) is 0 Å². The maximum Gasteiger partial charge on any atom is 0.419 e. The van der Waals surface area contributed by atoms with Gasteiger partial charge in [-0.15, -0.1) is 0 Å². The zero-order valence-corrected chi connectivity index (χ0v) is 9.00. The van der Waals surface area contributed by atoms with Crippen LogP contribution in [0.15, 0.2) is 42.5 Å². The maximum atomic E-state index is 12.7. The van der Waals surface area contributed by atoms with Gasteiger partial charge in [0.15, 0.2) is 0 Å². The van der Waals surface area contributed by atoms with Crippen LogP contribution in [0.5, 0.6) is 5.75 Å². The first kappa shape index (κ1) is 12.4. The number of aromatic hydroxyl groups is 1. The second-order valence-corrected chi connectivity index (χ2v) is 3.74. The van der Waals surface area contributed by atoms with Crippen molar-refractivity contribution in [1.29, 1.82) is 0 Å². The van der Waals surface area contributed by atoms with Crippen LogP contribution in [0.2, 0.25) is 0 Å². The van der Waals surface area contributed by atoms with Crippen molar-refractivity contribution in [1.82, 2.24) is 0 Å². The number of phenols is 1. The Hall–Kier alpha value is -2.04. The normalized spacial score (nSPS) is 11.6. The molecule has 2 rings (SSSR count). The fourth-order valence-electron chi connectivity index (χ4n) is 1.59. The highest BCUT2D eigenvalue weighted by Crippen LogP contribution is 2.37. The Morgan fingerprint density at radius 2 is 1.39 bits per heavy atom. The van der Waals surface area contributed by atoms with E-state index in [2.05, 4.69) is 0 Å². The number of phenolic OH excluding ortho intramolecular Hbond substituents is 1. The highest BCUT2D eigenvalue weighted by atomic mass is 19.4. The quantitative estimate of drug-likeness (QED) is 0.757. The predicted molar refractivity (Wildman–Crippen MR) is 58.5 cm³/mol. The van der Waals surface area contributed by atoms with Gasteiger partial charge in [-0.25, -0.2) is 4.39 Å². The summed E-state index contributed by atoms with van der Waals surface area (Å²) in [6, 6.07) is 8.29. The van der Waals surface area contributed by atoms with E-state index in [4.69, 9.17) is 0 Å². The Balaban J connectivity index is 2.43. The SMILES string of the molecule is Oc1cc(-c2ccc(F)cc2)ccc1C(F)(F)F. The van der Waals surface area contributed by atoms with Crippen LogP contribution in [0.25, 0.3) is 11.1 Å². The van der Waals surface area contributed by atoms with Crippen molar-refractivity contribution in [2.75, 3.05) is 0 Å². The summed E-state index contributed by atoms with van der Waals surface area (Å²) < 4.78 is 50.0. The van der Waals surface area contributed by atoms with E-state index >= 15 is 0 Å². The summed E-state index contributed by atoms with van der Waals surface area (Å²) in [5.74, 6) is -1.28. The van der Waals surface area contributed by atoms with Crippen molar-refractivity contribution in [2.24, 2.45) is 0 Å². The van der Waals surface area contributed by atoms with Crippen LogP contribution < -0.4 is 0 Å². The molecule has 0 aliphatic heterocycles. The molecule has 0 aromatic heterocycles. The summed E-state index contributed by atoms with van der Waals surface area (Å²) in [6.07, 6.45) is -4.59. The van der Waals surface area contributed by atoms with Gasteiger partial charge in [0.05, 0.1) is 5.56 Å². The molecule has 5 heteroatoms. The predicted octanol–water partition coefficient (Wildman–Crippen LogP) is 4.22. The average Bonchev–Trinajstić information content (AvgIpc) is 2.28. The van der Waals surface area contributed by atoms with Gasteiger partial charge in [0.25, 0.3) is 0 Å². The second kappa shape index (κ2) is 4.33. The minimum Gasteiger partial charge on any atom is -0.507 e. The van der Waals surface area contributed by atoms with E-state index in [1.165, 1.54) is 30.3 Å². The van der Waals surface area contributed by atoms with Gasteiger partial charge < -0.3 is 5.11 Å². The first-order valence-electron chi connectivity index (χ1n) is 5.04. The number of alkyl halides is 3. The van der Waals surface area contributed by atoms with Gasteiger partial charge in [0, 0.05) is 0 Å². The molecule has 0 heterocycles. The van der Waals surface area contributed by atoms with Gasteiger partial charge in [0.1, 0.15) is 11.6 Å². The molecule has 1 N–H and O–H groups in total. The first-order chi connectivity index (χ1) is 8.38. The number of rotatable bonds is 1. The van der Waals surface area contributed by atoms with Gasteiger partial charge in [-0.3, -0.25) is 0 Å². The monoisotopic (exact) mass is 256 g/mol. The Morgan fingerprint density at radius 3 is 1.89 bits per heavy atom. The molecule has 2 aromatic rings. The Labute approximate surface area is 100 Å². The molecule has 0 bridgehead atoms. The lowest BCUT2D eigenvalue weighted by Crippen LogP contribution is -2.04. The summed E-state index contributed by atoms with van der Waals surface area (Å²) in [4.78, 5) is 0. The molecule has 0 atom stereocenters. The number of benzene rings is 2. The Bertz CT molecular complexity index is 558. The maximum absolute atomic E-state index is 12.7. The number of hydrogen-bond acceptors (Lipinski definition) is 1. The van der Waals surface area contributed by atoms with E-state index < -0.39 is 23.3 Å². The molecule has 0 aliphatic carbocycles. The van der Waals surface area contributed by atoms with Crippen LogP contribution >= 0.6 is 0 Å². The molecule has 1 nitrogen and oxygen atoms in total. The van der Waals surface area contributed by atoms with Gasteiger partial charge in [-0.2, -0.15) is 13.2 Å². The van der Waals surface area contributed by atoms with E-state index in [1.807, 2.05) is 0 Å². The smallest absolute Gasteiger partial charge is 0.419 e. The minimum absolute atomic E-state index is 0.389. The molecule has 18 heavy (non-hydrogen) atoms. The number of hydrogen-bond donors (Lipinski definition) is 1. The van der Waals surface area contributed by atoms with E-state index in [1.54, 1.807) is 0 Å². The molecule has 0 amide bonds. The zero-order chi connectivity index (χ0) is 13.3. The summed E-state index contributed by atoms with van der Waals surface area (Å²) in [5.41, 5.74) is -0.172. The Kier molecular flexibility index (Phi) is 2.98. The highest BCUT2D eigenvalue weighted by molar-refractivity contribution is 5.66. The molecule has 0 aliphatic rings. The standard InChI is InChI=1S/C13H8F4O/c14-10-4-1-8(2-5-10)9-3-6-11(12(18)7-9)13(15,16)17/h1-7,18H. The fourth-order valence-corrected chi connectivity index (χ4v) is 1.59. The van der Waals surface area contributed by atoms with Gasteiger partial charge in [-0.05, 0) is 35.4 Å². The molecule has 0 fully saturated rings. The van der Waals surface area contributed by atoms with Crippen LogP contribution in [0, 0.1) is 5.82 Å². The van der Waals surface area contributed by atoms with Gasteiger partial charge >= 0.3 is 6.18 Å². The van der Waals surface area contributed by atoms with Crippen LogP contribution in [-0.4, -0.2) is 5.11 Å². The van der Waals surface area contributed by atoms with Crippen LogP contribution in [-0.2, 0) is 6.18 Å². The third-order valence-electron chi connectivity index (χ3n) is 2.48. The molecule has 2 aromatic carbocycles. The molecule has 0 saturated carbocycles. The Morgan fingerprint density at radius 1 is 0.833 bits per heavy atom. The van der Waals surface area contributed by atoms with Crippen molar-refractivity contribution in [2.45, 2.75) is 6.18 Å². The summed E-state index contributed by atoms with van der Waals surface area (Å²) >= 11 is 0. The second-order valence-electron chi connectivity index (χ2n) is 3.74. The molecule has 0 saturated heterocycles. The summed E-state index contributed by atoms with van der Waals surface area (Å²) in [5, 5.41) is 9.35. The van der Waals surface area contributed by atoms with Crippen molar-refractivity contribution >= 4 is 0 Å². The molecule has 0 unspecified atom stereocenters. The van der Waals surface area contributed by atoms with E-state index in [9.17, 15) is 22.7 Å². The molecule has 94 valence electrons. The lowest BCUT2D eigenvalue weighted by molar-refractivity contribution is -0.138. The topological polar surface area (TPSA) is 20.2 Å². The van der Waals surface area contributed by atoms with Crippen LogP contribution in [0.4, 0.5) is 17.6 Å². The van der Waals surface area contributed by atoms with Gasteiger partial charge in [-0.1, -0.05) is 18.2 Å². The van der Waals surface area contributed by atoms with Gasteiger partial charge in [0.2, 0.25) is 0 Å². The molecular formula is C13H8F4O. The zero-order valence-electron chi connectivity index (χ0n) is 9.00. The lowest BCUT2D eigenvalue weighted by atomic mass is 10.0. The largest absolute Gasteiger partial charge is 0.507 e. The summed E-state index contributed by atoms with van der Waals surface area (Å²) in [7, 11) is 0. The molecular weight excluding hydrogens is 248 g/mol. The number of halogens is 4. The molecule has 0 radical (unpaired) electrons. The first-order valence-corrected chi connectivity index (χ1v) is 5.04. The summed E-state index contributed by atoms with van der Waals surface area (Å²) in [6.45, 7) is 0. The van der Waals surface area contributed by atoms with Crippen molar-refractivity contribution < 1.29 is 22.7 Å². The lowest BCUT2D eigenvalue weighted by Gasteiger charge is -2.10. The van der Waals surface area contributed by atoms with Crippen molar-refractivity contribution in [3.05, 3.63) is 53.8 Å². The highest BCUT2D eigenvalue weighted by Gasteiger charge is 2.33. The van der Waals surface area contributed by atoms with E-state index in [0.717, 1.165) is 12.1 Å². The van der Waals surface area contributed by atoms with E-state index in [-0.39, 0.29) is 0 Å².